The quantitative estimate of drug-likeness (QED) is 0.460. The molecule has 0 amide bonds. The predicted octanol–water partition coefficient (Wildman–Crippen LogP) is 4.21. The zero-order valence-electron chi connectivity index (χ0n) is 19.1. The van der Waals surface area contributed by atoms with Crippen LogP contribution in [0.15, 0.2) is 72.8 Å². The molecule has 34 heavy (non-hydrogen) atoms. The number of benzene rings is 3. The van der Waals surface area contributed by atoms with Crippen LogP contribution in [0, 0.1) is 0 Å². The second-order valence-electron chi connectivity index (χ2n) is 7.87. The lowest BCUT2D eigenvalue weighted by Gasteiger charge is -2.30. The van der Waals surface area contributed by atoms with Crippen molar-refractivity contribution < 1.29 is 27.4 Å². The molecule has 1 atom stereocenters. The van der Waals surface area contributed by atoms with E-state index in [1.807, 2.05) is 66.7 Å². The van der Waals surface area contributed by atoms with E-state index in [1.54, 1.807) is 20.3 Å². The molecule has 0 spiro atoms. The molecule has 2 N–H and O–H groups in total. The van der Waals surface area contributed by atoms with Gasteiger partial charge in [-0.3, -0.25) is 0 Å². The smallest absolute Gasteiger partial charge is 0.213 e. The fourth-order valence-electron chi connectivity index (χ4n) is 4.01. The third-order valence-electron chi connectivity index (χ3n) is 5.42. The molecule has 7 nitrogen and oxygen atoms in total. The SMILES string of the molecule is COCC=CCOc1cccc(C2Oc3cccc(OC)c3-c3ccc(CS(N)(=O)=O)cc32)c1. The lowest BCUT2D eigenvalue weighted by molar-refractivity contribution is 0.233. The van der Waals surface area contributed by atoms with Crippen molar-refractivity contribution in [3.63, 3.8) is 0 Å². The van der Waals surface area contributed by atoms with Gasteiger partial charge in [-0.1, -0.05) is 42.5 Å². The highest BCUT2D eigenvalue weighted by atomic mass is 32.2. The van der Waals surface area contributed by atoms with E-state index in [0.717, 1.165) is 22.3 Å². The van der Waals surface area contributed by atoms with Gasteiger partial charge in [-0.05, 0) is 41.5 Å². The van der Waals surface area contributed by atoms with Crippen LogP contribution in [-0.2, 0) is 20.5 Å². The molecule has 1 heterocycles. The zero-order chi connectivity index (χ0) is 24.1. The van der Waals surface area contributed by atoms with Crippen LogP contribution in [0.25, 0.3) is 11.1 Å². The molecule has 0 fully saturated rings. The summed E-state index contributed by atoms with van der Waals surface area (Å²) in [6.45, 7) is 0.938. The summed E-state index contributed by atoms with van der Waals surface area (Å²) in [7, 11) is -0.436. The van der Waals surface area contributed by atoms with Crippen LogP contribution in [0.4, 0.5) is 0 Å². The Labute approximate surface area is 199 Å². The molecule has 1 aliphatic heterocycles. The number of primary sulfonamides is 1. The summed E-state index contributed by atoms with van der Waals surface area (Å²) >= 11 is 0. The summed E-state index contributed by atoms with van der Waals surface area (Å²) in [4.78, 5) is 0. The number of hydrogen-bond donors (Lipinski definition) is 1. The zero-order valence-corrected chi connectivity index (χ0v) is 19.9. The average Bonchev–Trinajstić information content (AvgIpc) is 2.82. The fourth-order valence-corrected chi connectivity index (χ4v) is 4.65. The number of nitrogens with two attached hydrogens (primary N) is 1. The Morgan fingerprint density at radius 3 is 2.56 bits per heavy atom. The maximum absolute atomic E-state index is 11.7. The Bertz CT molecular complexity index is 1300. The first kappa shape index (κ1) is 23.8. The van der Waals surface area contributed by atoms with Gasteiger partial charge in [-0.25, -0.2) is 13.6 Å². The highest BCUT2D eigenvalue weighted by molar-refractivity contribution is 7.88. The minimum absolute atomic E-state index is 0.261. The average molecular weight is 482 g/mol. The molecule has 0 saturated heterocycles. The van der Waals surface area contributed by atoms with Crippen LogP contribution in [0.2, 0.25) is 0 Å². The van der Waals surface area contributed by atoms with Gasteiger partial charge in [0.25, 0.3) is 0 Å². The first-order valence-electron chi connectivity index (χ1n) is 10.7. The second-order valence-corrected chi connectivity index (χ2v) is 9.48. The van der Waals surface area contributed by atoms with E-state index in [0.29, 0.717) is 36.0 Å². The highest BCUT2D eigenvalue weighted by Crippen LogP contribution is 2.49. The molecule has 3 aromatic rings. The summed E-state index contributed by atoms with van der Waals surface area (Å²) in [6.07, 6.45) is 3.31. The Hall–Kier alpha value is -3.33. The number of fused-ring (bicyclic) bond motifs is 3. The molecule has 0 bridgehead atoms. The van der Waals surface area contributed by atoms with E-state index in [1.165, 1.54) is 0 Å². The third-order valence-corrected chi connectivity index (χ3v) is 6.16. The number of methoxy groups -OCH3 is 2. The minimum Gasteiger partial charge on any atom is -0.496 e. The van der Waals surface area contributed by atoms with Gasteiger partial charge >= 0.3 is 0 Å². The highest BCUT2D eigenvalue weighted by Gasteiger charge is 2.30. The van der Waals surface area contributed by atoms with Gasteiger partial charge in [0.1, 0.15) is 30.0 Å². The first-order chi connectivity index (χ1) is 16.4. The maximum atomic E-state index is 11.7. The number of sulfonamides is 1. The van der Waals surface area contributed by atoms with E-state index in [-0.39, 0.29) is 5.75 Å². The molecule has 4 rings (SSSR count). The van der Waals surface area contributed by atoms with Crippen LogP contribution in [-0.4, -0.2) is 35.9 Å². The molecule has 8 heteroatoms. The monoisotopic (exact) mass is 481 g/mol. The van der Waals surface area contributed by atoms with E-state index in [4.69, 9.17) is 24.1 Å². The van der Waals surface area contributed by atoms with Crippen molar-refractivity contribution in [3.05, 3.63) is 89.5 Å². The lowest BCUT2D eigenvalue weighted by Crippen LogP contribution is -2.18. The summed E-state index contributed by atoms with van der Waals surface area (Å²) in [5, 5.41) is 5.30. The van der Waals surface area contributed by atoms with Gasteiger partial charge in [0.2, 0.25) is 10.0 Å². The molecule has 0 radical (unpaired) electrons. The number of rotatable bonds is 9. The summed E-state index contributed by atoms with van der Waals surface area (Å²) in [5.74, 6) is 1.80. The Morgan fingerprint density at radius 1 is 1.00 bits per heavy atom. The van der Waals surface area contributed by atoms with Crippen molar-refractivity contribution in [2.75, 3.05) is 27.4 Å². The fraction of sp³-hybridized carbons (Fsp3) is 0.231. The van der Waals surface area contributed by atoms with Crippen molar-refractivity contribution in [3.8, 4) is 28.4 Å². The van der Waals surface area contributed by atoms with Crippen molar-refractivity contribution in [2.24, 2.45) is 5.14 Å². The van der Waals surface area contributed by atoms with Crippen LogP contribution in [0.3, 0.4) is 0 Å². The van der Waals surface area contributed by atoms with Crippen molar-refractivity contribution in [2.45, 2.75) is 11.9 Å². The molecule has 1 unspecified atom stereocenters. The number of hydrogen-bond acceptors (Lipinski definition) is 6. The van der Waals surface area contributed by atoms with E-state index < -0.39 is 16.1 Å². The lowest BCUT2D eigenvalue weighted by atomic mass is 9.88. The Balaban J connectivity index is 1.74. The largest absolute Gasteiger partial charge is 0.496 e. The molecular weight excluding hydrogens is 454 g/mol. The van der Waals surface area contributed by atoms with Gasteiger partial charge in [0.05, 0.1) is 25.0 Å². The minimum atomic E-state index is -3.68. The van der Waals surface area contributed by atoms with Crippen LogP contribution < -0.4 is 19.3 Å². The Morgan fingerprint density at radius 2 is 1.79 bits per heavy atom. The molecule has 0 saturated carbocycles. The van der Waals surface area contributed by atoms with Gasteiger partial charge in [0, 0.05) is 18.2 Å². The van der Waals surface area contributed by atoms with E-state index in [2.05, 4.69) is 0 Å². The Kier molecular flexibility index (Phi) is 7.21. The summed E-state index contributed by atoms with van der Waals surface area (Å²) in [5.41, 5.74) is 4.03. The molecule has 3 aromatic carbocycles. The topological polar surface area (TPSA) is 97.1 Å². The van der Waals surface area contributed by atoms with Crippen LogP contribution in [0.5, 0.6) is 17.2 Å². The normalized spacial score (nSPS) is 14.9. The molecule has 178 valence electrons. The molecule has 1 aliphatic rings. The standard InChI is InChI=1S/C26H27NO6S/c1-30-13-3-4-14-32-20-8-5-7-19(16-20)26-22-15-18(17-34(27,28)29)11-12-21(22)25-23(31-2)9-6-10-24(25)33-26/h3-12,15-16,26H,13-14,17H2,1-2H3,(H2,27,28,29). The van der Waals surface area contributed by atoms with Crippen molar-refractivity contribution in [1.82, 2.24) is 0 Å². The predicted molar refractivity (Wildman–Crippen MR) is 131 cm³/mol. The van der Waals surface area contributed by atoms with Gasteiger partial charge in [0.15, 0.2) is 0 Å². The molecular formula is C26H27NO6S. The van der Waals surface area contributed by atoms with E-state index >= 15 is 0 Å². The van der Waals surface area contributed by atoms with Crippen LogP contribution >= 0.6 is 0 Å². The van der Waals surface area contributed by atoms with Gasteiger partial charge in [-0.2, -0.15) is 0 Å². The van der Waals surface area contributed by atoms with Crippen molar-refractivity contribution >= 4 is 10.0 Å². The van der Waals surface area contributed by atoms with Gasteiger partial charge < -0.3 is 18.9 Å². The summed E-state index contributed by atoms with van der Waals surface area (Å²) < 4.78 is 46.3. The van der Waals surface area contributed by atoms with Crippen LogP contribution in [0.1, 0.15) is 22.8 Å². The molecule has 0 aromatic heterocycles. The second kappa shape index (κ2) is 10.3. The number of ether oxygens (including phenoxy) is 4. The van der Waals surface area contributed by atoms with Crippen molar-refractivity contribution in [1.29, 1.82) is 0 Å². The summed E-state index contributed by atoms with van der Waals surface area (Å²) in [6, 6.07) is 18.8. The first-order valence-corrected chi connectivity index (χ1v) is 12.4. The van der Waals surface area contributed by atoms with Gasteiger partial charge in [-0.15, -0.1) is 0 Å². The van der Waals surface area contributed by atoms with E-state index in [9.17, 15) is 8.42 Å². The maximum Gasteiger partial charge on any atom is 0.213 e. The molecule has 0 aliphatic carbocycles. The third kappa shape index (κ3) is 5.41.